The van der Waals surface area contributed by atoms with E-state index in [-0.39, 0.29) is 0 Å². The van der Waals surface area contributed by atoms with Crippen molar-refractivity contribution in [2.45, 2.75) is 12.1 Å². The molecular weight excluding hydrogens is 284 g/mol. The molecule has 7 heteroatoms. The van der Waals surface area contributed by atoms with Gasteiger partial charge in [-0.3, -0.25) is 0 Å². The normalized spacial score (nSPS) is 10.8. The van der Waals surface area contributed by atoms with Crippen LogP contribution in [0.2, 0.25) is 5.02 Å². The van der Waals surface area contributed by atoms with Crippen LogP contribution in [0.4, 0.5) is 0 Å². The van der Waals surface area contributed by atoms with E-state index in [0.717, 1.165) is 11.3 Å². The van der Waals surface area contributed by atoms with Crippen molar-refractivity contribution in [1.29, 1.82) is 0 Å². The topological polar surface area (TPSA) is 66.0 Å². The third-order valence-electron chi connectivity index (χ3n) is 2.41. The van der Waals surface area contributed by atoms with Gasteiger partial charge in [0.05, 0.1) is 6.61 Å². The molecule has 0 aliphatic rings. The number of hydrogen-bond acceptors (Lipinski definition) is 5. The summed E-state index contributed by atoms with van der Waals surface area (Å²) >= 11 is 7.47. The van der Waals surface area contributed by atoms with Crippen molar-refractivity contribution in [1.82, 2.24) is 14.9 Å². The molecule has 0 spiro atoms. The lowest BCUT2D eigenvalue weighted by atomic mass is 10.2. The molecule has 2 rings (SSSR count). The Labute approximate surface area is 121 Å². The molecule has 1 heterocycles. The fraction of sp³-hybridized carbons (Fsp3) is 0.333. The molecule has 0 unspecified atom stereocenters. The van der Waals surface area contributed by atoms with Gasteiger partial charge < -0.3 is 10.6 Å². The van der Waals surface area contributed by atoms with Crippen LogP contribution < -0.4 is 5.84 Å². The van der Waals surface area contributed by atoms with Crippen LogP contribution in [0.5, 0.6) is 0 Å². The van der Waals surface area contributed by atoms with Gasteiger partial charge in [0.2, 0.25) is 5.16 Å². The van der Waals surface area contributed by atoms with Gasteiger partial charge >= 0.3 is 0 Å². The molecule has 2 N–H and O–H groups in total. The average Bonchev–Trinajstić information content (AvgIpc) is 2.76. The van der Waals surface area contributed by atoms with Crippen LogP contribution in [-0.4, -0.2) is 33.8 Å². The monoisotopic (exact) mass is 298 g/mol. The molecule has 0 amide bonds. The summed E-state index contributed by atoms with van der Waals surface area (Å²) in [6.07, 6.45) is 0. The van der Waals surface area contributed by atoms with E-state index in [2.05, 4.69) is 10.2 Å². The Kier molecular flexibility index (Phi) is 5.07. The highest BCUT2D eigenvalue weighted by Gasteiger charge is 2.12. The van der Waals surface area contributed by atoms with Crippen molar-refractivity contribution in [3.8, 4) is 11.4 Å². The molecule has 1 aromatic heterocycles. The predicted octanol–water partition coefficient (Wildman–Crippen LogP) is 2.44. The van der Waals surface area contributed by atoms with Crippen molar-refractivity contribution < 1.29 is 4.74 Å². The SMILES string of the molecule is CCOCCSc1nnc(-c2cccc(Cl)c2)n1N. The molecule has 102 valence electrons. The van der Waals surface area contributed by atoms with Crippen LogP contribution in [0, 0.1) is 0 Å². The van der Waals surface area contributed by atoms with E-state index in [4.69, 9.17) is 22.2 Å². The lowest BCUT2D eigenvalue weighted by Gasteiger charge is -2.04. The molecule has 19 heavy (non-hydrogen) atoms. The second-order valence-corrected chi connectivity index (χ2v) is 5.23. The first kappa shape index (κ1) is 14.2. The third-order valence-corrected chi connectivity index (χ3v) is 3.55. The second kappa shape index (κ2) is 6.79. The van der Waals surface area contributed by atoms with Crippen LogP contribution in [0.1, 0.15) is 6.92 Å². The lowest BCUT2D eigenvalue weighted by Crippen LogP contribution is -2.12. The van der Waals surface area contributed by atoms with Gasteiger partial charge in [0.25, 0.3) is 0 Å². The van der Waals surface area contributed by atoms with Gasteiger partial charge in [-0.15, -0.1) is 10.2 Å². The smallest absolute Gasteiger partial charge is 0.210 e. The number of thioether (sulfide) groups is 1. The van der Waals surface area contributed by atoms with E-state index >= 15 is 0 Å². The summed E-state index contributed by atoms with van der Waals surface area (Å²) in [7, 11) is 0. The van der Waals surface area contributed by atoms with E-state index < -0.39 is 0 Å². The van der Waals surface area contributed by atoms with Crippen molar-refractivity contribution in [3.63, 3.8) is 0 Å². The van der Waals surface area contributed by atoms with Crippen LogP contribution in [0.3, 0.4) is 0 Å². The van der Waals surface area contributed by atoms with E-state index in [1.165, 1.54) is 16.4 Å². The van der Waals surface area contributed by atoms with E-state index in [1.54, 1.807) is 6.07 Å². The zero-order valence-corrected chi connectivity index (χ0v) is 12.1. The zero-order valence-electron chi connectivity index (χ0n) is 10.5. The maximum Gasteiger partial charge on any atom is 0.210 e. The van der Waals surface area contributed by atoms with Crippen LogP contribution in [-0.2, 0) is 4.74 Å². The Morgan fingerprint density at radius 2 is 2.26 bits per heavy atom. The summed E-state index contributed by atoms with van der Waals surface area (Å²) < 4.78 is 6.74. The highest BCUT2D eigenvalue weighted by atomic mass is 35.5. The molecular formula is C12H15ClN4OS. The fourth-order valence-electron chi connectivity index (χ4n) is 1.54. The molecule has 0 aliphatic heterocycles. The van der Waals surface area contributed by atoms with Crippen LogP contribution in [0.15, 0.2) is 29.4 Å². The average molecular weight is 299 g/mol. The number of nitrogen functional groups attached to an aromatic ring is 1. The number of hydrogen-bond donors (Lipinski definition) is 1. The summed E-state index contributed by atoms with van der Waals surface area (Å²) in [6, 6.07) is 7.37. The Hall–Kier alpha value is -1.24. The minimum atomic E-state index is 0.599. The van der Waals surface area contributed by atoms with Gasteiger partial charge in [-0.1, -0.05) is 35.5 Å². The maximum absolute atomic E-state index is 5.99. The molecule has 0 bridgehead atoms. The molecule has 0 aliphatic carbocycles. The highest BCUT2D eigenvalue weighted by Crippen LogP contribution is 2.23. The van der Waals surface area contributed by atoms with Crippen molar-refractivity contribution in [3.05, 3.63) is 29.3 Å². The predicted molar refractivity (Wildman–Crippen MR) is 77.8 cm³/mol. The van der Waals surface area contributed by atoms with E-state index in [1.807, 2.05) is 25.1 Å². The number of ether oxygens (including phenoxy) is 1. The number of nitrogens with zero attached hydrogens (tertiary/aromatic N) is 3. The van der Waals surface area contributed by atoms with Crippen LogP contribution in [0.25, 0.3) is 11.4 Å². The standard InChI is InChI=1S/C12H15ClN4OS/c1-2-18-6-7-19-12-16-15-11(17(12)14)9-4-3-5-10(13)8-9/h3-5,8H,2,6-7,14H2,1H3. The highest BCUT2D eigenvalue weighted by molar-refractivity contribution is 7.99. The molecule has 0 radical (unpaired) electrons. The Bertz CT molecular complexity index is 546. The Morgan fingerprint density at radius 1 is 1.42 bits per heavy atom. The minimum absolute atomic E-state index is 0.599. The first-order chi connectivity index (χ1) is 9.22. The summed E-state index contributed by atoms with van der Waals surface area (Å²) in [4.78, 5) is 0. The number of halogens is 1. The van der Waals surface area contributed by atoms with Gasteiger partial charge in [0.15, 0.2) is 5.82 Å². The van der Waals surface area contributed by atoms with Gasteiger partial charge in [-0.25, -0.2) is 4.68 Å². The molecule has 0 saturated heterocycles. The number of nitrogens with two attached hydrogens (primary N) is 1. The quantitative estimate of drug-likeness (QED) is 0.504. The number of aromatic nitrogens is 3. The summed E-state index contributed by atoms with van der Waals surface area (Å²) in [5.41, 5.74) is 0.846. The molecule has 5 nitrogen and oxygen atoms in total. The van der Waals surface area contributed by atoms with Gasteiger partial charge in [-0.2, -0.15) is 0 Å². The van der Waals surface area contributed by atoms with Gasteiger partial charge in [0, 0.05) is 22.9 Å². The second-order valence-electron chi connectivity index (χ2n) is 3.73. The maximum atomic E-state index is 5.99. The Morgan fingerprint density at radius 3 is 3.00 bits per heavy atom. The first-order valence-corrected chi connectivity index (χ1v) is 7.25. The first-order valence-electron chi connectivity index (χ1n) is 5.89. The Balaban J connectivity index is 2.10. The summed E-state index contributed by atoms with van der Waals surface area (Å²) in [5.74, 6) is 7.38. The molecule has 0 atom stereocenters. The third kappa shape index (κ3) is 3.62. The van der Waals surface area contributed by atoms with Crippen molar-refractivity contribution in [2.75, 3.05) is 24.8 Å². The molecule has 2 aromatic rings. The van der Waals surface area contributed by atoms with Crippen molar-refractivity contribution >= 4 is 23.4 Å². The number of rotatable bonds is 6. The number of benzene rings is 1. The van der Waals surface area contributed by atoms with Crippen LogP contribution >= 0.6 is 23.4 Å². The van der Waals surface area contributed by atoms with Gasteiger partial charge in [-0.05, 0) is 19.1 Å². The molecule has 0 saturated carbocycles. The van der Waals surface area contributed by atoms with E-state index in [9.17, 15) is 0 Å². The van der Waals surface area contributed by atoms with Crippen molar-refractivity contribution in [2.24, 2.45) is 0 Å². The zero-order chi connectivity index (χ0) is 13.7. The largest absolute Gasteiger partial charge is 0.381 e. The molecule has 0 fully saturated rings. The summed E-state index contributed by atoms with van der Waals surface area (Å²) in [5, 5.41) is 9.47. The summed E-state index contributed by atoms with van der Waals surface area (Å²) in [6.45, 7) is 3.34. The molecule has 1 aromatic carbocycles. The van der Waals surface area contributed by atoms with E-state index in [0.29, 0.717) is 29.2 Å². The lowest BCUT2D eigenvalue weighted by molar-refractivity contribution is 0.164. The van der Waals surface area contributed by atoms with Gasteiger partial charge in [0.1, 0.15) is 0 Å². The fourth-order valence-corrected chi connectivity index (χ4v) is 2.43. The minimum Gasteiger partial charge on any atom is -0.381 e.